The van der Waals surface area contributed by atoms with Crippen LogP contribution in [0.1, 0.15) is 26.7 Å². The molecule has 4 aromatic rings. The number of carbonyl (C=O) groups is 1. The number of imidazole rings is 1. The first kappa shape index (κ1) is 30.1. The summed E-state index contributed by atoms with van der Waals surface area (Å²) in [5.41, 5.74) is 6.89. The molecule has 2 N–H and O–H groups in total. The number of ether oxygens (including phenoxy) is 2. The molecule has 45 heavy (non-hydrogen) atoms. The summed E-state index contributed by atoms with van der Waals surface area (Å²) in [5.74, 6) is 1.15. The van der Waals surface area contributed by atoms with Gasteiger partial charge in [-0.1, -0.05) is 18.2 Å². The van der Waals surface area contributed by atoms with Gasteiger partial charge >= 0.3 is 5.69 Å². The van der Waals surface area contributed by atoms with Crippen molar-refractivity contribution in [3.63, 3.8) is 0 Å². The number of nitrogens with zero attached hydrogens (tertiary/aromatic N) is 7. The molecule has 0 bridgehead atoms. The summed E-state index contributed by atoms with van der Waals surface area (Å²) in [6.07, 6.45) is 4.53. The summed E-state index contributed by atoms with van der Waals surface area (Å²) in [7, 11) is 0. The monoisotopic (exact) mass is 608 g/mol. The Bertz CT molecular complexity index is 1820. The van der Waals surface area contributed by atoms with Gasteiger partial charge in [0, 0.05) is 31.7 Å². The minimum absolute atomic E-state index is 0.0950. The Kier molecular flexibility index (Phi) is 8.38. The van der Waals surface area contributed by atoms with Crippen molar-refractivity contribution in [1.29, 1.82) is 5.26 Å². The molecule has 2 aromatic heterocycles. The number of fused-ring (bicyclic) bond motifs is 1. The van der Waals surface area contributed by atoms with Crippen LogP contribution in [-0.2, 0) is 16.1 Å². The Morgan fingerprint density at radius 2 is 1.80 bits per heavy atom. The van der Waals surface area contributed by atoms with Gasteiger partial charge < -0.3 is 20.1 Å². The summed E-state index contributed by atoms with van der Waals surface area (Å²) in [5, 5.41) is 10.0. The fourth-order valence-electron chi connectivity index (χ4n) is 6.18. The lowest BCUT2D eigenvalue weighted by Crippen LogP contribution is -2.49. The second-order valence-corrected chi connectivity index (χ2v) is 11.8. The van der Waals surface area contributed by atoms with Crippen LogP contribution >= 0.6 is 0 Å². The molecule has 2 aliphatic rings. The van der Waals surface area contributed by atoms with Crippen molar-refractivity contribution in [3.05, 3.63) is 83.1 Å². The summed E-state index contributed by atoms with van der Waals surface area (Å²) < 4.78 is 14.4. The first-order chi connectivity index (χ1) is 21.8. The van der Waals surface area contributed by atoms with Gasteiger partial charge in [-0.2, -0.15) is 5.26 Å². The normalized spacial score (nSPS) is 17.8. The second-order valence-electron chi connectivity index (χ2n) is 11.8. The number of benzene rings is 2. The van der Waals surface area contributed by atoms with E-state index in [4.69, 9.17) is 15.2 Å². The maximum Gasteiger partial charge on any atom is 0.335 e. The van der Waals surface area contributed by atoms with Crippen molar-refractivity contribution in [2.75, 3.05) is 38.6 Å². The van der Waals surface area contributed by atoms with Crippen molar-refractivity contribution < 1.29 is 14.3 Å². The molecule has 4 heterocycles. The maximum atomic E-state index is 14.0. The van der Waals surface area contributed by atoms with Gasteiger partial charge in [-0.3, -0.25) is 18.8 Å². The van der Waals surface area contributed by atoms with Gasteiger partial charge in [-0.15, -0.1) is 0 Å². The van der Waals surface area contributed by atoms with Crippen LogP contribution in [0, 0.1) is 11.3 Å². The third-order valence-corrected chi connectivity index (χ3v) is 8.51. The Hall–Kier alpha value is -4.99. The molecule has 1 unspecified atom stereocenters. The molecule has 2 fully saturated rings. The zero-order valence-corrected chi connectivity index (χ0v) is 25.4. The van der Waals surface area contributed by atoms with E-state index >= 15 is 0 Å². The molecule has 0 spiro atoms. The van der Waals surface area contributed by atoms with E-state index in [1.54, 1.807) is 39.8 Å². The van der Waals surface area contributed by atoms with Gasteiger partial charge in [0.25, 0.3) is 5.91 Å². The van der Waals surface area contributed by atoms with E-state index in [9.17, 15) is 14.9 Å². The Balaban J connectivity index is 1.29. The first-order valence-electron chi connectivity index (χ1n) is 15.1. The molecule has 2 saturated heterocycles. The topological polar surface area (TPSA) is 145 Å². The van der Waals surface area contributed by atoms with Crippen LogP contribution in [0.25, 0.3) is 16.9 Å². The lowest BCUT2D eigenvalue weighted by molar-refractivity contribution is -0.127. The predicted molar refractivity (Wildman–Crippen MR) is 169 cm³/mol. The molecule has 12 heteroatoms. The van der Waals surface area contributed by atoms with Crippen LogP contribution in [0.4, 0.5) is 5.82 Å². The number of hydrogen-bond acceptors (Lipinski definition) is 9. The number of amides is 1. The van der Waals surface area contributed by atoms with Gasteiger partial charge in [-0.05, 0) is 69.2 Å². The summed E-state index contributed by atoms with van der Waals surface area (Å²) in [6.45, 7) is 7.38. The summed E-state index contributed by atoms with van der Waals surface area (Å²) in [4.78, 5) is 40.3. The number of carbonyl (C=O) groups excluding carboxylic acids is 1. The fourth-order valence-corrected chi connectivity index (χ4v) is 6.18. The molecule has 1 atom stereocenters. The summed E-state index contributed by atoms with van der Waals surface area (Å²) in [6, 6.07) is 18.4. The van der Waals surface area contributed by atoms with E-state index in [1.807, 2.05) is 44.2 Å². The van der Waals surface area contributed by atoms with Crippen molar-refractivity contribution in [2.45, 2.75) is 44.8 Å². The molecule has 2 aliphatic heterocycles. The number of nitrogens with two attached hydrogens (primary N) is 1. The largest absolute Gasteiger partial charge is 0.457 e. The molecular weight excluding hydrogens is 572 g/mol. The molecule has 0 aliphatic carbocycles. The van der Waals surface area contributed by atoms with E-state index in [0.29, 0.717) is 54.5 Å². The zero-order valence-electron chi connectivity index (χ0n) is 25.4. The van der Waals surface area contributed by atoms with E-state index in [0.717, 1.165) is 19.5 Å². The van der Waals surface area contributed by atoms with Crippen molar-refractivity contribution >= 4 is 22.9 Å². The van der Waals surface area contributed by atoms with Crippen LogP contribution in [-0.4, -0.2) is 79.2 Å². The minimum atomic E-state index is -0.500. The number of anilines is 1. The number of likely N-dealkylation sites (tertiary alicyclic amines) is 1. The number of rotatable bonds is 8. The first-order valence-corrected chi connectivity index (χ1v) is 15.1. The zero-order chi connectivity index (χ0) is 31.6. The molecule has 232 valence electrons. The van der Waals surface area contributed by atoms with E-state index < -0.39 is 5.54 Å². The third-order valence-electron chi connectivity index (χ3n) is 8.51. The Morgan fingerprint density at radius 3 is 2.51 bits per heavy atom. The molecule has 2 aromatic carbocycles. The number of nitriles is 1. The van der Waals surface area contributed by atoms with E-state index in [1.165, 1.54) is 10.9 Å². The highest BCUT2D eigenvalue weighted by atomic mass is 16.5. The highest BCUT2D eigenvalue weighted by Crippen LogP contribution is 2.28. The van der Waals surface area contributed by atoms with Gasteiger partial charge in [0.05, 0.1) is 24.9 Å². The smallest absolute Gasteiger partial charge is 0.335 e. The Labute approximate surface area is 260 Å². The van der Waals surface area contributed by atoms with Gasteiger partial charge in [-0.25, -0.2) is 14.8 Å². The lowest BCUT2D eigenvalue weighted by Gasteiger charge is -2.39. The van der Waals surface area contributed by atoms with Crippen molar-refractivity contribution in [3.8, 4) is 23.3 Å². The minimum Gasteiger partial charge on any atom is -0.457 e. The fraction of sp³-hybridized carbons (Fsp3) is 0.364. The number of morpholine rings is 1. The van der Waals surface area contributed by atoms with Gasteiger partial charge in [0.1, 0.15) is 35.0 Å². The van der Waals surface area contributed by atoms with Crippen LogP contribution in [0.5, 0.6) is 11.5 Å². The molecular formula is C33H36N8O4. The van der Waals surface area contributed by atoms with Crippen LogP contribution in [0.15, 0.2) is 77.4 Å². The molecule has 1 amide bonds. The molecule has 0 radical (unpaired) electrons. The summed E-state index contributed by atoms with van der Waals surface area (Å²) >= 11 is 0. The van der Waals surface area contributed by atoms with Gasteiger partial charge in [0.15, 0.2) is 11.5 Å². The van der Waals surface area contributed by atoms with Gasteiger partial charge in [0.2, 0.25) is 0 Å². The van der Waals surface area contributed by atoms with Crippen molar-refractivity contribution in [2.24, 2.45) is 0 Å². The third kappa shape index (κ3) is 6.05. The lowest BCUT2D eigenvalue weighted by atomic mass is 9.97. The van der Waals surface area contributed by atoms with Crippen LogP contribution in [0.2, 0.25) is 0 Å². The average Bonchev–Trinajstić information content (AvgIpc) is 3.64. The number of aromatic nitrogens is 4. The SMILES string of the molecule is CC(C)(C=C(C#N)C(=O)N1CCCC1Cn1c(=O)n(-c2ccc(Oc3ccccc3)cc2)c2c(N)ncnc21)N1CCOCC1. The number of hydrogen-bond donors (Lipinski definition) is 1. The quantitative estimate of drug-likeness (QED) is 0.235. The number of nitrogen functional groups attached to an aromatic ring is 1. The molecule has 6 rings (SSSR count). The van der Waals surface area contributed by atoms with E-state index in [2.05, 4.69) is 20.9 Å². The van der Waals surface area contributed by atoms with Crippen molar-refractivity contribution in [1.82, 2.24) is 28.9 Å². The van der Waals surface area contributed by atoms with E-state index in [-0.39, 0.29) is 35.6 Å². The Morgan fingerprint density at radius 1 is 1.09 bits per heavy atom. The highest BCUT2D eigenvalue weighted by Gasteiger charge is 2.35. The molecule has 0 saturated carbocycles. The maximum absolute atomic E-state index is 14.0. The molecule has 12 nitrogen and oxygen atoms in total. The predicted octanol–water partition coefficient (Wildman–Crippen LogP) is 3.51. The number of para-hydroxylation sites is 1. The van der Waals surface area contributed by atoms with Crippen LogP contribution < -0.4 is 16.2 Å². The highest BCUT2D eigenvalue weighted by molar-refractivity contribution is 5.97. The van der Waals surface area contributed by atoms with Crippen LogP contribution in [0.3, 0.4) is 0 Å². The average molecular weight is 609 g/mol. The second kappa shape index (κ2) is 12.6. The standard InChI is InChI=1S/C33H36N8O4/c1-33(2,38-15-17-44-18-16-38)19-23(20-34)31(42)39-14-6-7-25(39)21-40-30-28(29(35)36-22-37-30)41(32(40)43)24-10-12-27(13-11-24)45-26-8-4-3-5-9-26/h3-5,8-13,19,22,25H,6-7,14-18,21H2,1-2H3,(H2,35,36,37).